The third kappa shape index (κ3) is 1.74. The smallest absolute Gasteiger partial charge is 0.200 e. The molecule has 0 radical (unpaired) electrons. The molecule has 4 nitrogen and oxygen atoms in total. The third-order valence-electron chi connectivity index (χ3n) is 2.54. The van der Waals surface area contributed by atoms with E-state index in [4.69, 9.17) is 10.5 Å². The van der Waals surface area contributed by atoms with Gasteiger partial charge < -0.3 is 15.0 Å². The minimum absolute atomic E-state index is 0.499. The Labute approximate surface area is 94.7 Å². The zero-order valence-corrected chi connectivity index (χ0v) is 9.69. The van der Waals surface area contributed by atoms with Crippen molar-refractivity contribution in [1.82, 2.24) is 9.55 Å². The molecule has 2 N–H and O–H groups in total. The van der Waals surface area contributed by atoms with Crippen LogP contribution in [0.4, 0.5) is 5.95 Å². The Morgan fingerprint density at radius 3 is 2.69 bits per heavy atom. The van der Waals surface area contributed by atoms with E-state index in [1.807, 2.05) is 38.4 Å². The van der Waals surface area contributed by atoms with Crippen molar-refractivity contribution in [2.75, 3.05) is 12.8 Å². The van der Waals surface area contributed by atoms with Crippen LogP contribution in [0.3, 0.4) is 0 Å². The van der Waals surface area contributed by atoms with Crippen LogP contribution in [-0.4, -0.2) is 16.7 Å². The lowest BCUT2D eigenvalue weighted by atomic mass is 10.1. The Morgan fingerprint density at radius 1 is 1.38 bits per heavy atom. The van der Waals surface area contributed by atoms with Gasteiger partial charge in [0.1, 0.15) is 5.75 Å². The van der Waals surface area contributed by atoms with Gasteiger partial charge in [-0.3, -0.25) is 0 Å². The number of hydrogen-bond acceptors (Lipinski definition) is 3. The molecule has 0 saturated heterocycles. The van der Waals surface area contributed by atoms with Gasteiger partial charge in [0, 0.05) is 18.8 Å². The molecule has 0 amide bonds. The first-order valence-corrected chi connectivity index (χ1v) is 5.05. The summed E-state index contributed by atoms with van der Waals surface area (Å²) in [6, 6.07) is 5.99. The van der Waals surface area contributed by atoms with Crippen molar-refractivity contribution in [3.8, 4) is 17.0 Å². The minimum Gasteiger partial charge on any atom is -0.496 e. The van der Waals surface area contributed by atoms with Crippen molar-refractivity contribution in [3.05, 3.63) is 30.0 Å². The number of imidazole rings is 1. The molecule has 0 fully saturated rings. The average molecular weight is 217 g/mol. The lowest BCUT2D eigenvalue weighted by Gasteiger charge is -2.06. The van der Waals surface area contributed by atoms with E-state index in [9.17, 15) is 0 Å². The predicted molar refractivity (Wildman–Crippen MR) is 64.3 cm³/mol. The maximum absolute atomic E-state index is 5.72. The van der Waals surface area contributed by atoms with Crippen molar-refractivity contribution in [3.63, 3.8) is 0 Å². The summed E-state index contributed by atoms with van der Waals surface area (Å²) in [7, 11) is 3.52. The molecule has 84 valence electrons. The summed E-state index contributed by atoms with van der Waals surface area (Å²) >= 11 is 0. The number of rotatable bonds is 2. The van der Waals surface area contributed by atoms with Gasteiger partial charge in [0.2, 0.25) is 0 Å². The normalized spacial score (nSPS) is 10.4. The number of methoxy groups -OCH3 is 1. The minimum atomic E-state index is 0.499. The Kier molecular flexibility index (Phi) is 2.56. The van der Waals surface area contributed by atoms with Crippen LogP contribution in [0.1, 0.15) is 5.56 Å². The van der Waals surface area contributed by atoms with E-state index in [-0.39, 0.29) is 0 Å². The molecular formula is C12H15N3O. The SMILES string of the molecule is COc1ccc(C)cc1-c1cn(C)c(N)n1. The summed E-state index contributed by atoms with van der Waals surface area (Å²) in [5.74, 6) is 1.31. The highest BCUT2D eigenvalue weighted by Gasteiger charge is 2.10. The zero-order valence-electron chi connectivity index (χ0n) is 9.69. The number of nitrogen functional groups attached to an aromatic ring is 1. The maximum atomic E-state index is 5.72. The first-order chi connectivity index (χ1) is 7.61. The van der Waals surface area contributed by atoms with Gasteiger partial charge in [0.05, 0.1) is 12.8 Å². The van der Waals surface area contributed by atoms with Gasteiger partial charge in [-0.1, -0.05) is 11.6 Å². The van der Waals surface area contributed by atoms with Crippen molar-refractivity contribution in [1.29, 1.82) is 0 Å². The van der Waals surface area contributed by atoms with Gasteiger partial charge in [-0.2, -0.15) is 0 Å². The van der Waals surface area contributed by atoms with Gasteiger partial charge in [-0.05, 0) is 19.1 Å². The van der Waals surface area contributed by atoms with Gasteiger partial charge >= 0.3 is 0 Å². The van der Waals surface area contributed by atoms with Crippen LogP contribution >= 0.6 is 0 Å². The van der Waals surface area contributed by atoms with E-state index in [1.165, 1.54) is 5.56 Å². The van der Waals surface area contributed by atoms with Crippen LogP contribution in [-0.2, 0) is 7.05 Å². The van der Waals surface area contributed by atoms with Crippen LogP contribution < -0.4 is 10.5 Å². The van der Waals surface area contributed by atoms with Crippen LogP contribution in [0.2, 0.25) is 0 Å². The summed E-state index contributed by atoms with van der Waals surface area (Å²) < 4.78 is 7.10. The van der Waals surface area contributed by atoms with Gasteiger partial charge in [0.25, 0.3) is 0 Å². The molecule has 0 unspecified atom stereocenters. The number of aryl methyl sites for hydroxylation is 2. The fourth-order valence-corrected chi connectivity index (χ4v) is 1.63. The van der Waals surface area contributed by atoms with Crippen LogP contribution in [0.15, 0.2) is 24.4 Å². The molecule has 1 heterocycles. The number of nitrogens with zero attached hydrogens (tertiary/aromatic N) is 2. The molecule has 4 heteroatoms. The molecule has 1 aromatic heterocycles. The molecule has 16 heavy (non-hydrogen) atoms. The number of anilines is 1. The number of ether oxygens (including phenoxy) is 1. The highest BCUT2D eigenvalue weighted by atomic mass is 16.5. The second-order valence-corrected chi connectivity index (χ2v) is 3.80. The van der Waals surface area contributed by atoms with Crippen molar-refractivity contribution >= 4 is 5.95 Å². The Balaban J connectivity index is 2.57. The topological polar surface area (TPSA) is 53.1 Å². The molecular weight excluding hydrogens is 202 g/mol. The van der Waals surface area contributed by atoms with Gasteiger partial charge in [-0.25, -0.2) is 4.98 Å². The summed E-state index contributed by atoms with van der Waals surface area (Å²) in [6.45, 7) is 2.04. The van der Waals surface area contributed by atoms with Crippen LogP contribution in [0, 0.1) is 6.92 Å². The molecule has 0 bridgehead atoms. The number of nitrogens with two attached hydrogens (primary N) is 1. The Hall–Kier alpha value is -1.97. The average Bonchev–Trinajstić information content (AvgIpc) is 2.59. The zero-order chi connectivity index (χ0) is 11.7. The number of aromatic nitrogens is 2. The molecule has 0 aliphatic rings. The standard InChI is InChI=1S/C12H15N3O/c1-8-4-5-11(16-3)9(6-8)10-7-15(2)12(13)14-10/h4-7H,1-3H3,(H2,13,14). The van der Waals surface area contributed by atoms with Gasteiger partial charge in [-0.15, -0.1) is 0 Å². The molecule has 0 aliphatic heterocycles. The van der Waals surface area contributed by atoms with E-state index < -0.39 is 0 Å². The first-order valence-electron chi connectivity index (χ1n) is 5.05. The monoisotopic (exact) mass is 217 g/mol. The van der Waals surface area contributed by atoms with Crippen molar-refractivity contribution < 1.29 is 4.74 Å². The van der Waals surface area contributed by atoms with Crippen LogP contribution in [0.25, 0.3) is 11.3 Å². The Bertz CT molecular complexity index is 497. The quantitative estimate of drug-likeness (QED) is 0.836. The molecule has 0 atom stereocenters. The molecule has 1 aromatic carbocycles. The second-order valence-electron chi connectivity index (χ2n) is 3.80. The fourth-order valence-electron chi connectivity index (χ4n) is 1.63. The first kappa shape index (κ1) is 10.5. The number of hydrogen-bond donors (Lipinski definition) is 1. The molecule has 0 spiro atoms. The fraction of sp³-hybridized carbons (Fsp3) is 0.250. The molecule has 2 aromatic rings. The van der Waals surface area contributed by atoms with Crippen LogP contribution in [0.5, 0.6) is 5.75 Å². The van der Waals surface area contributed by atoms with Crippen molar-refractivity contribution in [2.24, 2.45) is 7.05 Å². The lowest BCUT2D eigenvalue weighted by molar-refractivity contribution is 0.416. The number of benzene rings is 1. The summed E-state index contributed by atoms with van der Waals surface area (Å²) in [6.07, 6.45) is 1.90. The summed E-state index contributed by atoms with van der Waals surface area (Å²) in [5.41, 5.74) is 8.69. The highest BCUT2D eigenvalue weighted by Crippen LogP contribution is 2.30. The third-order valence-corrected chi connectivity index (χ3v) is 2.54. The van der Waals surface area contributed by atoms with E-state index in [0.29, 0.717) is 5.95 Å². The summed E-state index contributed by atoms with van der Waals surface area (Å²) in [4.78, 5) is 4.29. The largest absolute Gasteiger partial charge is 0.496 e. The van der Waals surface area contributed by atoms with E-state index in [2.05, 4.69) is 4.98 Å². The second kappa shape index (κ2) is 3.89. The maximum Gasteiger partial charge on any atom is 0.200 e. The van der Waals surface area contributed by atoms with E-state index in [1.54, 1.807) is 11.7 Å². The highest BCUT2D eigenvalue weighted by molar-refractivity contribution is 5.68. The predicted octanol–water partition coefficient (Wildman–Crippen LogP) is 1.99. The van der Waals surface area contributed by atoms with Gasteiger partial charge in [0.15, 0.2) is 5.95 Å². The molecule has 0 aliphatic carbocycles. The van der Waals surface area contributed by atoms with E-state index >= 15 is 0 Å². The van der Waals surface area contributed by atoms with E-state index in [0.717, 1.165) is 17.0 Å². The summed E-state index contributed by atoms with van der Waals surface area (Å²) in [5, 5.41) is 0. The molecule has 2 rings (SSSR count). The molecule has 0 saturated carbocycles. The lowest BCUT2D eigenvalue weighted by Crippen LogP contribution is -1.94. The van der Waals surface area contributed by atoms with Crippen molar-refractivity contribution in [2.45, 2.75) is 6.92 Å². The Morgan fingerprint density at radius 2 is 2.12 bits per heavy atom.